The summed E-state index contributed by atoms with van der Waals surface area (Å²) in [5, 5.41) is 3.05. The second kappa shape index (κ2) is 10.9. The second-order valence-corrected chi connectivity index (χ2v) is 5.83. The van der Waals surface area contributed by atoms with Crippen LogP contribution in [0.25, 0.3) is 0 Å². The van der Waals surface area contributed by atoms with Crippen molar-refractivity contribution in [3.63, 3.8) is 0 Å². The van der Waals surface area contributed by atoms with E-state index in [1.165, 1.54) is 12.8 Å². The molecule has 0 heterocycles. The van der Waals surface area contributed by atoms with Gasteiger partial charge in [-0.3, -0.25) is 4.79 Å². The molecule has 0 bridgehead atoms. The number of benzene rings is 1. The van der Waals surface area contributed by atoms with Crippen LogP contribution in [0.5, 0.6) is 11.5 Å². The maximum atomic E-state index is 12.4. The predicted molar refractivity (Wildman–Crippen MR) is 94.0 cm³/mol. The van der Waals surface area contributed by atoms with Crippen LogP contribution < -0.4 is 14.8 Å². The number of nitrogens with one attached hydrogen (secondary N) is 1. The number of ether oxygens (including phenoxy) is 2. The van der Waals surface area contributed by atoms with E-state index in [4.69, 9.17) is 9.47 Å². The molecule has 23 heavy (non-hydrogen) atoms. The van der Waals surface area contributed by atoms with Crippen LogP contribution >= 0.6 is 0 Å². The number of carbonyl (C=O) groups excluding carboxylic acids is 1. The van der Waals surface area contributed by atoms with Crippen molar-refractivity contribution in [2.45, 2.75) is 59.0 Å². The molecule has 0 aliphatic heterocycles. The second-order valence-electron chi connectivity index (χ2n) is 5.83. The van der Waals surface area contributed by atoms with Crippen molar-refractivity contribution in [1.29, 1.82) is 0 Å². The molecule has 130 valence electrons. The minimum Gasteiger partial charge on any atom is -0.493 e. The van der Waals surface area contributed by atoms with Gasteiger partial charge in [-0.1, -0.05) is 52.2 Å². The Morgan fingerprint density at radius 3 is 2.39 bits per heavy atom. The zero-order valence-corrected chi connectivity index (χ0v) is 14.9. The molecule has 0 aliphatic rings. The number of hydrogen-bond acceptors (Lipinski definition) is 3. The summed E-state index contributed by atoms with van der Waals surface area (Å²) >= 11 is 0. The molecule has 1 N–H and O–H groups in total. The molecule has 0 spiro atoms. The largest absolute Gasteiger partial charge is 0.493 e. The fourth-order valence-corrected chi connectivity index (χ4v) is 2.49. The SMILES string of the molecule is CCCC[C@@H](CC)CNC(=O)[C@H](CC)Oc1ccccc1OC. The van der Waals surface area contributed by atoms with E-state index >= 15 is 0 Å². The molecule has 0 saturated carbocycles. The minimum absolute atomic E-state index is 0.0478. The third-order valence-corrected chi connectivity index (χ3v) is 4.11. The van der Waals surface area contributed by atoms with Crippen LogP contribution in [0.1, 0.15) is 52.9 Å². The van der Waals surface area contributed by atoms with Gasteiger partial charge in [0.2, 0.25) is 0 Å². The lowest BCUT2D eigenvalue weighted by atomic mass is 9.99. The molecule has 1 rings (SSSR count). The molecular formula is C19H31NO3. The Kier molecular flexibility index (Phi) is 9.18. The number of amides is 1. The summed E-state index contributed by atoms with van der Waals surface area (Å²) in [6.07, 6.45) is 4.79. The lowest BCUT2D eigenvalue weighted by Gasteiger charge is -2.21. The van der Waals surface area contributed by atoms with E-state index in [1.54, 1.807) is 7.11 Å². The Bertz CT molecular complexity index is 462. The molecule has 0 fully saturated rings. The van der Waals surface area contributed by atoms with Gasteiger partial charge in [0.05, 0.1) is 7.11 Å². The summed E-state index contributed by atoms with van der Waals surface area (Å²) in [6, 6.07) is 7.41. The van der Waals surface area contributed by atoms with Gasteiger partial charge in [-0.25, -0.2) is 0 Å². The van der Waals surface area contributed by atoms with Crippen LogP contribution in [0.4, 0.5) is 0 Å². The van der Waals surface area contributed by atoms with Gasteiger partial charge in [-0.2, -0.15) is 0 Å². The van der Waals surface area contributed by atoms with Crippen molar-refractivity contribution in [2.24, 2.45) is 5.92 Å². The molecule has 2 atom stereocenters. The number of unbranched alkanes of at least 4 members (excludes halogenated alkanes) is 1. The van der Waals surface area contributed by atoms with Gasteiger partial charge >= 0.3 is 0 Å². The first-order chi connectivity index (χ1) is 11.2. The van der Waals surface area contributed by atoms with E-state index in [-0.39, 0.29) is 5.91 Å². The summed E-state index contributed by atoms with van der Waals surface area (Å²) in [4.78, 5) is 12.4. The van der Waals surface area contributed by atoms with Crippen LogP contribution in [0.2, 0.25) is 0 Å². The number of carbonyl (C=O) groups is 1. The first kappa shape index (κ1) is 19.3. The van der Waals surface area contributed by atoms with Crippen molar-refractivity contribution in [2.75, 3.05) is 13.7 Å². The highest BCUT2D eigenvalue weighted by atomic mass is 16.5. The van der Waals surface area contributed by atoms with Crippen molar-refractivity contribution in [3.8, 4) is 11.5 Å². The van der Waals surface area contributed by atoms with Crippen molar-refractivity contribution < 1.29 is 14.3 Å². The summed E-state index contributed by atoms with van der Waals surface area (Å²) in [6.45, 7) is 7.05. The van der Waals surface area contributed by atoms with E-state index in [2.05, 4.69) is 19.2 Å². The summed E-state index contributed by atoms with van der Waals surface area (Å²) in [5.74, 6) is 1.75. The highest BCUT2D eigenvalue weighted by Gasteiger charge is 2.20. The molecule has 1 aromatic carbocycles. The first-order valence-electron chi connectivity index (χ1n) is 8.73. The fourth-order valence-electron chi connectivity index (χ4n) is 2.49. The van der Waals surface area contributed by atoms with E-state index in [1.807, 2.05) is 31.2 Å². The Morgan fingerprint density at radius 1 is 1.13 bits per heavy atom. The van der Waals surface area contributed by atoms with E-state index in [9.17, 15) is 4.79 Å². The summed E-state index contributed by atoms with van der Waals surface area (Å²) < 4.78 is 11.1. The number of hydrogen-bond donors (Lipinski definition) is 1. The molecule has 0 unspecified atom stereocenters. The number of rotatable bonds is 11. The third kappa shape index (κ3) is 6.51. The van der Waals surface area contributed by atoms with Crippen LogP contribution in [0.15, 0.2) is 24.3 Å². The number of methoxy groups -OCH3 is 1. The van der Waals surface area contributed by atoms with Gasteiger partial charge in [0.25, 0.3) is 5.91 Å². The number of para-hydroxylation sites is 2. The van der Waals surface area contributed by atoms with Crippen LogP contribution in [0, 0.1) is 5.92 Å². The van der Waals surface area contributed by atoms with E-state index in [0.717, 1.165) is 19.4 Å². The topological polar surface area (TPSA) is 47.6 Å². The Morgan fingerprint density at radius 2 is 1.83 bits per heavy atom. The van der Waals surface area contributed by atoms with Gasteiger partial charge in [-0.15, -0.1) is 0 Å². The van der Waals surface area contributed by atoms with E-state index < -0.39 is 6.10 Å². The van der Waals surface area contributed by atoms with Gasteiger partial charge in [0.15, 0.2) is 17.6 Å². The molecule has 0 aliphatic carbocycles. The quantitative estimate of drug-likeness (QED) is 0.665. The van der Waals surface area contributed by atoms with Crippen molar-refractivity contribution in [1.82, 2.24) is 5.32 Å². The first-order valence-corrected chi connectivity index (χ1v) is 8.73. The monoisotopic (exact) mass is 321 g/mol. The highest BCUT2D eigenvalue weighted by molar-refractivity contribution is 5.81. The average Bonchev–Trinajstić information content (AvgIpc) is 2.59. The predicted octanol–water partition coefficient (Wildman–Crippen LogP) is 4.19. The van der Waals surface area contributed by atoms with Crippen LogP contribution in [-0.2, 0) is 4.79 Å². The van der Waals surface area contributed by atoms with Crippen molar-refractivity contribution in [3.05, 3.63) is 24.3 Å². The zero-order chi connectivity index (χ0) is 17.1. The Hall–Kier alpha value is -1.71. The lowest BCUT2D eigenvalue weighted by molar-refractivity contribution is -0.128. The molecule has 1 aromatic rings. The smallest absolute Gasteiger partial charge is 0.261 e. The fraction of sp³-hybridized carbons (Fsp3) is 0.632. The highest BCUT2D eigenvalue weighted by Crippen LogP contribution is 2.27. The summed E-state index contributed by atoms with van der Waals surface area (Å²) in [5.41, 5.74) is 0. The normalized spacial score (nSPS) is 13.2. The molecule has 1 amide bonds. The minimum atomic E-state index is -0.491. The molecule has 0 radical (unpaired) electrons. The van der Waals surface area contributed by atoms with Gasteiger partial charge in [0, 0.05) is 6.54 Å². The Balaban J connectivity index is 2.57. The van der Waals surface area contributed by atoms with Crippen molar-refractivity contribution >= 4 is 5.91 Å². The molecule has 4 heteroatoms. The standard InChI is InChI=1S/C19H31NO3/c1-5-8-11-15(6-2)14-20-19(21)16(7-3)23-18-13-10-9-12-17(18)22-4/h9-10,12-13,15-16H,5-8,11,14H2,1-4H3,(H,20,21)/t15-,16+/m1/s1. The summed E-state index contributed by atoms with van der Waals surface area (Å²) in [7, 11) is 1.60. The van der Waals surface area contributed by atoms with Gasteiger partial charge in [-0.05, 0) is 30.9 Å². The molecule has 0 aromatic heterocycles. The van der Waals surface area contributed by atoms with Gasteiger partial charge in [0.1, 0.15) is 0 Å². The Labute approximate surface area is 140 Å². The van der Waals surface area contributed by atoms with E-state index in [0.29, 0.717) is 23.8 Å². The maximum Gasteiger partial charge on any atom is 0.261 e. The average molecular weight is 321 g/mol. The maximum absolute atomic E-state index is 12.4. The lowest BCUT2D eigenvalue weighted by Crippen LogP contribution is -2.40. The van der Waals surface area contributed by atoms with Crippen LogP contribution in [0.3, 0.4) is 0 Å². The molecular weight excluding hydrogens is 290 g/mol. The molecule has 0 saturated heterocycles. The molecule has 4 nitrogen and oxygen atoms in total. The zero-order valence-electron chi connectivity index (χ0n) is 14.9. The third-order valence-electron chi connectivity index (χ3n) is 4.11. The van der Waals surface area contributed by atoms with Gasteiger partial charge < -0.3 is 14.8 Å². The van der Waals surface area contributed by atoms with Crippen LogP contribution in [-0.4, -0.2) is 25.7 Å².